The Morgan fingerprint density at radius 1 is 1.20 bits per heavy atom. The van der Waals surface area contributed by atoms with Crippen LogP contribution < -0.4 is 9.47 Å². The van der Waals surface area contributed by atoms with Crippen molar-refractivity contribution in [2.24, 2.45) is 0 Å². The second-order valence-corrected chi connectivity index (χ2v) is 3.72. The van der Waals surface area contributed by atoms with E-state index in [4.69, 9.17) is 21.1 Å². The van der Waals surface area contributed by atoms with Gasteiger partial charge in [-0.3, -0.25) is 0 Å². The van der Waals surface area contributed by atoms with Crippen LogP contribution in [0.3, 0.4) is 0 Å². The van der Waals surface area contributed by atoms with Gasteiger partial charge in [0.1, 0.15) is 5.56 Å². The van der Waals surface area contributed by atoms with Gasteiger partial charge in [0.25, 0.3) is 0 Å². The van der Waals surface area contributed by atoms with E-state index < -0.39 is 5.56 Å². The van der Waals surface area contributed by atoms with Crippen molar-refractivity contribution in [2.75, 3.05) is 14.2 Å². The fourth-order valence-electron chi connectivity index (χ4n) is 1.29. The lowest BCUT2D eigenvalue weighted by atomic mass is 10.0. The number of aliphatic hydroxyl groups excluding tert-OH is 1. The summed E-state index contributed by atoms with van der Waals surface area (Å²) >= 11 is 5.62. The normalized spacial score (nSPS) is 14.5. The van der Waals surface area contributed by atoms with Crippen LogP contribution in [0.15, 0.2) is 18.2 Å². The molecule has 0 aromatic heterocycles. The smallest absolute Gasteiger partial charge is 0.160 e. The minimum atomic E-state index is -0.900. The van der Waals surface area contributed by atoms with E-state index in [-0.39, 0.29) is 5.92 Å². The second kappa shape index (κ2) is 5.24. The number of methoxy groups -OCH3 is 2. The minimum Gasteiger partial charge on any atom is -0.493 e. The van der Waals surface area contributed by atoms with Gasteiger partial charge in [0.05, 0.1) is 14.2 Å². The van der Waals surface area contributed by atoms with E-state index in [0.717, 1.165) is 5.56 Å². The molecular weight excluding hydrogens is 216 g/mol. The van der Waals surface area contributed by atoms with E-state index >= 15 is 0 Å². The Morgan fingerprint density at radius 3 is 2.27 bits per heavy atom. The topological polar surface area (TPSA) is 38.7 Å². The van der Waals surface area contributed by atoms with Gasteiger partial charge in [-0.25, -0.2) is 0 Å². The van der Waals surface area contributed by atoms with Crippen LogP contribution in [-0.2, 0) is 0 Å². The van der Waals surface area contributed by atoms with Crippen molar-refractivity contribution in [1.82, 2.24) is 0 Å². The summed E-state index contributed by atoms with van der Waals surface area (Å²) in [5, 5.41) is 9.26. The third-order valence-corrected chi connectivity index (χ3v) is 2.72. The summed E-state index contributed by atoms with van der Waals surface area (Å²) in [6, 6.07) is 5.47. The molecule has 1 rings (SSSR count). The van der Waals surface area contributed by atoms with E-state index in [9.17, 15) is 5.11 Å². The highest BCUT2D eigenvalue weighted by Crippen LogP contribution is 2.32. The number of alkyl halides is 1. The zero-order valence-corrected chi connectivity index (χ0v) is 9.78. The molecule has 2 unspecified atom stereocenters. The molecule has 1 N–H and O–H groups in total. The van der Waals surface area contributed by atoms with Gasteiger partial charge in [0, 0.05) is 5.92 Å². The molecule has 15 heavy (non-hydrogen) atoms. The van der Waals surface area contributed by atoms with Gasteiger partial charge < -0.3 is 14.6 Å². The van der Waals surface area contributed by atoms with Crippen LogP contribution >= 0.6 is 11.6 Å². The monoisotopic (exact) mass is 230 g/mol. The number of rotatable bonds is 4. The van der Waals surface area contributed by atoms with Gasteiger partial charge in [-0.2, -0.15) is 0 Å². The fraction of sp³-hybridized carbons (Fsp3) is 0.455. The summed E-state index contributed by atoms with van der Waals surface area (Å²) in [5.41, 5.74) is 0.0123. The highest BCUT2D eigenvalue weighted by Gasteiger charge is 2.15. The molecule has 84 valence electrons. The summed E-state index contributed by atoms with van der Waals surface area (Å²) in [5.74, 6) is 1.16. The number of benzene rings is 1. The number of aliphatic hydroxyl groups is 1. The molecule has 0 saturated heterocycles. The Hall–Kier alpha value is -0.930. The minimum absolute atomic E-state index is 0.147. The average Bonchev–Trinajstić information content (AvgIpc) is 2.26. The predicted octanol–water partition coefficient (Wildman–Crippen LogP) is 2.36. The van der Waals surface area contributed by atoms with Gasteiger partial charge in [-0.15, -0.1) is 0 Å². The van der Waals surface area contributed by atoms with Crippen LogP contribution in [0.2, 0.25) is 0 Å². The van der Waals surface area contributed by atoms with Crippen LogP contribution in [0.5, 0.6) is 11.5 Å². The van der Waals surface area contributed by atoms with E-state index in [0.29, 0.717) is 11.5 Å². The van der Waals surface area contributed by atoms with Crippen LogP contribution in [0.1, 0.15) is 18.4 Å². The number of hydrogen-bond donors (Lipinski definition) is 1. The molecule has 0 bridgehead atoms. The van der Waals surface area contributed by atoms with E-state index in [2.05, 4.69) is 0 Å². The molecule has 0 aliphatic carbocycles. The van der Waals surface area contributed by atoms with Gasteiger partial charge in [-0.05, 0) is 17.7 Å². The van der Waals surface area contributed by atoms with Crippen molar-refractivity contribution in [3.05, 3.63) is 23.8 Å². The Morgan fingerprint density at radius 2 is 1.80 bits per heavy atom. The van der Waals surface area contributed by atoms with Crippen molar-refractivity contribution in [2.45, 2.75) is 18.4 Å². The third kappa shape index (κ3) is 2.76. The maximum absolute atomic E-state index is 9.26. The van der Waals surface area contributed by atoms with Crippen LogP contribution in [0.4, 0.5) is 0 Å². The maximum Gasteiger partial charge on any atom is 0.160 e. The van der Waals surface area contributed by atoms with Gasteiger partial charge in [0.2, 0.25) is 0 Å². The molecule has 1 aromatic carbocycles. The number of hydrogen-bond acceptors (Lipinski definition) is 3. The first-order valence-electron chi connectivity index (χ1n) is 4.64. The molecule has 0 aliphatic heterocycles. The molecule has 1 aromatic rings. The number of ether oxygens (including phenoxy) is 2. The summed E-state index contributed by atoms with van der Waals surface area (Å²) in [6.07, 6.45) is 0. The van der Waals surface area contributed by atoms with Crippen LogP contribution in [-0.4, -0.2) is 24.9 Å². The van der Waals surface area contributed by atoms with Crippen molar-refractivity contribution >= 4 is 11.6 Å². The lowest BCUT2D eigenvalue weighted by Gasteiger charge is -2.15. The van der Waals surface area contributed by atoms with Crippen LogP contribution in [0, 0.1) is 0 Å². The quantitative estimate of drug-likeness (QED) is 0.808. The molecule has 0 aliphatic rings. The van der Waals surface area contributed by atoms with Crippen LogP contribution in [0.25, 0.3) is 0 Å². The molecule has 3 nitrogen and oxygen atoms in total. The molecule has 0 radical (unpaired) electrons. The molecule has 0 amide bonds. The number of halogens is 1. The van der Waals surface area contributed by atoms with Gasteiger partial charge in [-0.1, -0.05) is 24.6 Å². The first kappa shape index (κ1) is 12.1. The Kier molecular flexibility index (Phi) is 4.24. The summed E-state index contributed by atoms with van der Waals surface area (Å²) in [7, 11) is 3.15. The average molecular weight is 231 g/mol. The lowest BCUT2D eigenvalue weighted by Crippen LogP contribution is -2.08. The van der Waals surface area contributed by atoms with E-state index in [1.54, 1.807) is 20.3 Å². The highest BCUT2D eigenvalue weighted by atomic mass is 35.5. The summed E-state index contributed by atoms with van der Waals surface area (Å²) in [6.45, 7) is 1.85. The largest absolute Gasteiger partial charge is 0.493 e. The second-order valence-electron chi connectivity index (χ2n) is 3.28. The third-order valence-electron chi connectivity index (χ3n) is 2.35. The zero-order chi connectivity index (χ0) is 11.4. The summed E-state index contributed by atoms with van der Waals surface area (Å²) in [4.78, 5) is 0. The predicted molar refractivity (Wildman–Crippen MR) is 59.8 cm³/mol. The molecular formula is C11H15ClO3. The fourth-order valence-corrected chi connectivity index (χ4v) is 1.44. The zero-order valence-electron chi connectivity index (χ0n) is 9.03. The van der Waals surface area contributed by atoms with Crippen molar-refractivity contribution in [3.8, 4) is 11.5 Å². The van der Waals surface area contributed by atoms with E-state index in [1.165, 1.54) is 0 Å². The highest BCUT2D eigenvalue weighted by molar-refractivity contribution is 6.20. The first-order valence-corrected chi connectivity index (χ1v) is 5.07. The molecule has 0 spiro atoms. The molecule has 2 atom stereocenters. The Bertz CT molecular complexity index is 326. The van der Waals surface area contributed by atoms with Crippen molar-refractivity contribution in [3.63, 3.8) is 0 Å². The molecule has 4 heteroatoms. The standard InChI is InChI=1S/C11H15ClO3/c1-7(11(12)13)8-4-5-9(14-2)10(6-8)15-3/h4-7,11,13H,1-3H3. The first-order chi connectivity index (χ1) is 7.10. The molecule has 0 heterocycles. The van der Waals surface area contributed by atoms with Crippen molar-refractivity contribution < 1.29 is 14.6 Å². The van der Waals surface area contributed by atoms with Gasteiger partial charge in [0.15, 0.2) is 11.5 Å². The molecule has 0 fully saturated rings. The summed E-state index contributed by atoms with van der Waals surface area (Å²) < 4.78 is 10.3. The Balaban J connectivity index is 3.02. The van der Waals surface area contributed by atoms with E-state index in [1.807, 2.05) is 19.1 Å². The Labute approximate surface area is 94.6 Å². The van der Waals surface area contributed by atoms with Gasteiger partial charge >= 0.3 is 0 Å². The maximum atomic E-state index is 9.26. The SMILES string of the molecule is COc1ccc(C(C)C(O)Cl)cc1OC. The lowest BCUT2D eigenvalue weighted by molar-refractivity contribution is 0.229. The van der Waals surface area contributed by atoms with Crippen molar-refractivity contribution in [1.29, 1.82) is 0 Å². The molecule has 0 saturated carbocycles.